The number of nitrogens with one attached hydrogen (secondary N) is 1. The molecule has 7 nitrogen and oxygen atoms in total. The summed E-state index contributed by atoms with van der Waals surface area (Å²) in [6.45, 7) is 3.79. The van der Waals surface area contributed by atoms with E-state index in [1.54, 1.807) is 34.9 Å². The SMILES string of the molecule is CC(C)c1c(C(=O)Nc2ccccc2)c(-c2ccc(C(F)(F)F)cc2)c(-c2ccc(F)cc2)n1CC[C@@H](O)C[C@@H](O)CC(=O)O.[CaH2]. The Balaban J connectivity index is 0.00000576. The zero-order valence-corrected chi connectivity index (χ0v) is 24.7. The summed E-state index contributed by atoms with van der Waals surface area (Å²) in [5.41, 5.74) is 1.91. The summed E-state index contributed by atoms with van der Waals surface area (Å²) in [4.78, 5) is 25.1. The van der Waals surface area contributed by atoms with Crippen LogP contribution in [0.25, 0.3) is 22.4 Å². The number of carboxylic acid groups (broad SMARTS) is 1. The van der Waals surface area contributed by atoms with E-state index >= 15 is 0 Å². The van der Waals surface area contributed by atoms with Gasteiger partial charge in [0.1, 0.15) is 5.82 Å². The molecule has 0 aliphatic carbocycles. The Hall–Kier alpha value is -3.22. The van der Waals surface area contributed by atoms with Crippen molar-refractivity contribution in [2.45, 2.75) is 64.0 Å². The number of carboxylic acids is 1. The van der Waals surface area contributed by atoms with Crippen molar-refractivity contribution in [2.75, 3.05) is 5.32 Å². The number of para-hydroxylation sites is 1. The minimum absolute atomic E-state index is 0. The van der Waals surface area contributed by atoms with Gasteiger partial charge in [-0.1, -0.05) is 44.2 Å². The molecule has 0 aliphatic rings. The molecule has 46 heavy (non-hydrogen) atoms. The minimum atomic E-state index is -4.58. The van der Waals surface area contributed by atoms with Crippen LogP contribution in [-0.2, 0) is 17.5 Å². The third-order valence-electron chi connectivity index (χ3n) is 7.37. The first-order chi connectivity index (χ1) is 21.3. The summed E-state index contributed by atoms with van der Waals surface area (Å²) in [6, 6.07) is 18.6. The molecule has 4 N–H and O–H groups in total. The van der Waals surface area contributed by atoms with Gasteiger partial charge in [0.05, 0.1) is 35.4 Å². The molecule has 12 heteroatoms. The second-order valence-electron chi connectivity index (χ2n) is 11.1. The van der Waals surface area contributed by atoms with Crippen molar-refractivity contribution in [1.29, 1.82) is 0 Å². The molecule has 0 bridgehead atoms. The van der Waals surface area contributed by atoms with Crippen LogP contribution in [0.4, 0.5) is 23.2 Å². The average molecular weight is 669 g/mol. The van der Waals surface area contributed by atoms with Gasteiger partial charge in [0, 0.05) is 23.5 Å². The molecule has 0 fully saturated rings. The number of hydrogen-bond acceptors (Lipinski definition) is 4. The van der Waals surface area contributed by atoms with E-state index < -0.39 is 48.1 Å². The Labute approximate surface area is 293 Å². The fourth-order valence-electron chi connectivity index (χ4n) is 5.42. The Morgan fingerprint density at radius 3 is 2.00 bits per heavy atom. The Kier molecular flexibility index (Phi) is 13.0. The molecule has 3 aromatic carbocycles. The van der Waals surface area contributed by atoms with Gasteiger partial charge < -0.3 is 25.2 Å². The number of amides is 1. The normalized spacial score (nSPS) is 12.8. The topological polar surface area (TPSA) is 112 Å². The van der Waals surface area contributed by atoms with Crippen LogP contribution < -0.4 is 5.32 Å². The van der Waals surface area contributed by atoms with Crippen molar-refractivity contribution >= 4 is 55.3 Å². The molecule has 0 unspecified atom stereocenters. The summed E-state index contributed by atoms with van der Waals surface area (Å²) in [6.07, 6.45) is -7.67. The van der Waals surface area contributed by atoms with Crippen LogP contribution in [0.3, 0.4) is 0 Å². The van der Waals surface area contributed by atoms with Crippen molar-refractivity contribution in [3.05, 3.63) is 102 Å². The van der Waals surface area contributed by atoms with Crippen LogP contribution in [0.15, 0.2) is 78.9 Å². The number of aliphatic hydroxyl groups is 2. The van der Waals surface area contributed by atoms with Gasteiger partial charge in [-0.05, 0) is 78.4 Å². The van der Waals surface area contributed by atoms with Crippen molar-refractivity contribution in [3.63, 3.8) is 0 Å². The van der Waals surface area contributed by atoms with E-state index in [9.17, 15) is 37.4 Å². The second kappa shape index (κ2) is 16.1. The van der Waals surface area contributed by atoms with Gasteiger partial charge in [0.15, 0.2) is 0 Å². The fraction of sp³-hybridized carbons (Fsp3) is 0.294. The number of carbonyl (C=O) groups is 2. The number of halogens is 4. The van der Waals surface area contributed by atoms with Gasteiger partial charge >= 0.3 is 49.9 Å². The zero-order chi connectivity index (χ0) is 32.9. The van der Waals surface area contributed by atoms with E-state index in [1.807, 2.05) is 13.8 Å². The molecule has 0 saturated carbocycles. The number of aliphatic carboxylic acids is 1. The summed E-state index contributed by atoms with van der Waals surface area (Å²) >= 11 is 0. The standard InChI is InChI=1S/C34H34F4N2O5.Ca.2H/c1-20(2)31-30(33(45)39-25-6-4-3-5-7-25)29(21-8-12-23(13-9-21)34(36,37)38)32(22-10-14-24(35)15-11-22)40(31)17-16-26(41)18-27(42)19-28(43)44;;;/h3-15,20,26-27,41-42H,16-19H2,1-2H3,(H,39,45)(H,43,44);;;/t26-,27-;;;/m1.../s1. The Morgan fingerprint density at radius 2 is 1.46 bits per heavy atom. The molecule has 0 saturated heterocycles. The first-order valence-electron chi connectivity index (χ1n) is 14.4. The predicted molar refractivity (Wildman–Crippen MR) is 171 cm³/mol. The number of aromatic nitrogens is 1. The van der Waals surface area contributed by atoms with Crippen LogP contribution in [-0.4, -0.2) is 81.7 Å². The second-order valence-corrected chi connectivity index (χ2v) is 11.1. The van der Waals surface area contributed by atoms with Gasteiger partial charge in [-0.3, -0.25) is 9.59 Å². The molecule has 0 spiro atoms. The van der Waals surface area contributed by atoms with Crippen LogP contribution in [0.1, 0.15) is 60.6 Å². The number of rotatable bonds is 12. The molecule has 0 radical (unpaired) electrons. The van der Waals surface area contributed by atoms with E-state index in [0.29, 0.717) is 33.8 Å². The average Bonchev–Trinajstić information content (AvgIpc) is 3.32. The van der Waals surface area contributed by atoms with E-state index in [0.717, 1.165) is 12.1 Å². The monoisotopic (exact) mass is 668 g/mol. The van der Waals surface area contributed by atoms with E-state index in [2.05, 4.69) is 5.32 Å². The first-order valence-corrected chi connectivity index (χ1v) is 14.4. The molecule has 4 rings (SSSR count). The van der Waals surface area contributed by atoms with Crippen LogP contribution >= 0.6 is 0 Å². The van der Waals surface area contributed by atoms with E-state index in [4.69, 9.17) is 5.11 Å². The predicted octanol–water partition coefficient (Wildman–Crippen LogP) is 6.42. The number of anilines is 1. The van der Waals surface area contributed by atoms with Gasteiger partial charge in [0.2, 0.25) is 0 Å². The quantitative estimate of drug-likeness (QED) is 0.103. The summed E-state index contributed by atoms with van der Waals surface area (Å²) in [7, 11) is 0. The van der Waals surface area contributed by atoms with Crippen LogP contribution in [0.2, 0.25) is 0 Å². The maximum atomic E-state index is 14.1. The Morgan fingerprint density at radius 1 is 0.870 bits per heavy atom. The van der Waals surface area contributed by atoms with Gasteiger partial charge in [-0.2, -0.15) is 13.2 Å². The first kappa shape index (κ1) is 37.2. The van der Waals surface area contributed by atoms with Crippen molar-refractivity contribution < 1.29 is 42.5 Å². The third kappa shape index (κ3) is 9.19. The van der Waals surface area contributed by atoms with E-state index in [1.165, 1.54) is 36.4 Å². The number of nitrogens with zero attached hydrogens (tertiary/aromatic N) is 1. The molecular formula is C34H36CaF4N2O5. The molecule has 242 valence electrons. The summed E-state index contributed by atoms with van der Waals surface area (Å²) < 4.78 is 56.3. The van der Waals surface area contributed by atoms with Gasteiger partial charge in [-0.15, -0.1) is 0 Å². The Bertz CT molecular complexity index is 1620. The molecule has 1 heterocycles. The summed E-state index contributed by atoms with van der Waals surface area (Å²) in [5, 5.41) is 32.6. The van der Waals surface area contributed by atoms with Crippen molar-refractivity contribution in [1.82, 2.24) is 4.57 Å². The molecule has 1 amide bonds. The number of aliphatic hydroxyl groups excluding tert-OH is 2. The molecule has 0 aliphatic heterocycles. The van der Waals surface area contributed by atoms with Gasteiger partial charge in [0.25, 0.3) is 5.91 Å². The fourth-order valence-corrected chi connectivity index (χ4v) is 5.42. The maximum absolute atomic E-state index is 14.1. The van der Waals surface area contributed by atoms with Crippen molar-refractivity contribution in [2.24, 2.45) is 0 Å². The molecule has 1 aromatic heterocycles. The van der Waals surface area contributed by atoms with Crippen LogP contribution in [0, 0.1) is 5.82 Å². The number of benzene rings is 3. The van der Waals surface area contributed by atoms with Crippen LogP contribution in [0.5, 0.6) is 0 Å². The summed E-state index contributed by atoms with van der Waals surface area (Å²) in [5.74, 6) is -2.55. The molecule has 2 atom stereocenters. The third-order valence-corrected chi connectivity index (χ3v) is 7.37. The van der Waals surface area contributed by atoms with E-state index in [-0.39, 0.29) is 68.6 Å². The van der Waals surface area contributed by atoms with Crippen molar-refractivity contribution in [3.8, 4) is 22.4 Å². The number of alkyl halides is 3. The van der Waals surface area contributed by atoms with Gasteiger partial charge in [-0.25, -0.2) is 4.39 Å². The zero-order valence-electron chi connectivity index (χ0n) is 24.7. The number of hydrogen-bond donors (Lipinski definition) is 4. The molecule has 4 aromatic rings. The molecular weight excluding hydrogens is 632 g/mol. The number of carbonyl (C=O) groups excluding carboxylic acids is 1.